The summed E-state index contributed by atoms with van der Waals surface area (Å²) >= 11 is 0.817. The van der Waals surface area contributed by atoms with Gasteiger partial charge in [0, 0.05) is 18.8 Å². The van der Waals surface area contributed by atoms with E-state index >= 15 is 0 Å². The van der Waals surface area contributed by atoms with E-state index in [4.69, 9.17) is 4.74 Å². The van der Waals surface area contributed by atoms with Crippen LogP contribution in [0.25, 0.3) is 0 Å². The van der Waals surface area contributed by atoms with Gasteiger partial charge in [-0.05, 0) is 50.8 Å². The van der Waals surface area contributed by atoms with Gasteiger partial charge in [0.05, 0.1) is 11.8 Å². The average Bonchev–Trinajstić information content (AvgIpc) is 3.25. The Hall–Kier alpha value is -2.81. The molecule has 0 bridgehead atoms. The average molecular weight is 563 g/mol. The van der Waals surface area contributed by atoms with Gasteiger partial charge in [0.25, 0.3) is 5.13 Å². The van der Waals surface area contributed by atoms with Gasteiger partial charge in [0.1, 0.15) is 5.69 Å². The number of hydrogen-bond donors (Lipinski definition) is 1. The maximum Gasteiger partial charge on any atom is 0.404 e. The summed E-state index contributed by atoms with van der Waals surface area (Å²) in [5, 5.41) is 15.4. The smallest absolute Gasteiger partial charge is 0.404 e. The van der Waals surface area contributed by atoms with Crippen LogP contribution in [-0.2, 0) is 21.2 Å². The number of anilines is 2. The summed E-state index contributed by atoms with van der Waals surface area (Å²) < 4.78 is 70.2. The summed E-state index contributed by atoms with van der Waals surface area (Å²) in [6, 6.07) is 3.12. The molecule has 0 radical (unpaired) electrons. The first-order chi connectivity index (χ1) is 17.4. The van der Waals surface area contributed by atoms with Gasteiger partial charge in [-0.15, -0.1) is 20.4 Å². The Balaban J connectivity index is 1.95. The Labute approximate surface area is 217 Å². The van der Waals surface area contributed by atoms with Crippen LogP contribution in [-0.4, -0.2) is 55.7 Å². The molecule has 0 saturated carbocycles. The highest BCUT2D eigenvalue weighted by Gasteiger charge is 2.35. The van der Waals surface area contributed by atoms with Gasteiger partial charge in [0.15, 0.2) is 5.75 Å². The van der Waals surface area contributed by atoms with E-state index in [0.29, 0.717) is 6.42 Å². The van der Waals surface area contributed by atoms with E-state index < -0.39 is 27.9 Å². The van der Waals surface area contributed by atoms with Crippen molar-refractivity contribution in [3.8, 4) is 0 Å². The molecule has 1 aliphatic rings. The number of hydrogen-bond acceptors (Lipinski definition) is 10. The molecule has 0 aliphatic carbocycles. The molecule has 2 aromatic rings. The summed E-state index contributed by atoms with van der Waals surface area (Å²) in [5.74, 6) is -2.71. The lowest BCUT2D eigenvalue weighted by molar-refractivity contribution is -0.106. The van der Waals surface area contributed by atoms with Crippen molar-refractivity contribution in [3.63, 3.8) is 0 Å². The van der Waals surface area contributed by atoms with Crippen LogP contribution in [0, 0.1) is 0 Å². The Morgan fingerprint density at radius 3 is 2.68 bits per heavy atom. The molecule has 10 nitrogen and oxygen atoms in total. The van der Waals surface area contributed by atoms with Crippen LogP contribution in [0.1, 0.15) is 61.8 Å². The van der Waals surface area contributed by atoms with Gasteiger partial charge in [-0.25, -0.2) is 13.2 Å². The third-order valence-electron chi connectivity index (χ3n) is 5.24. The first-order valence-corrected chi connectivity index (χ1v) is 14.3. The van der Waals surface area contributed by atoms with Crippen LogP contribution >= 0.6 is 11.3 Å². The largest absolute Gasteiger partial charge is 0.458 e. The quantitative estimate of drug-likeness (QED) is 0.209. The molecule has 0 amide bonds. The number of alkyl halides is 3. The number of aromatic nitrogens is 2. The Morgan fingerprint density at radius 2 is 2.00 bits per heavy atom. The molecule has 0 unspecified atom stereocenters. The van der Waals surface area contributed by atoms with Crippen LogP contribution in [0.15, 0.2) is 22.4 Å². The molecular weight excluding hydrogens is 533 g/mol. The summed E-state index contributed by atoms with van der Waals surface area (Å²) in [7, 11) is -4.76. The number of rotatable bonds is 11. The van der Waals surface area contributed by atoms with Gasteiger partial charge >= 0.3 is 12.1 Å². The van der Waals surface area contributed by atoms with Gasteiger partial charge in [-0.1, -0.05) is 31.1 Å². The van der Waals surface area contributed by atoms with Gasteiger partial charge in [-0.3, -0.25) is 4.72 Å². The van der Waals surface area contributed by atoms with Crippen LogP contribution < -0.4 is 9.62 Å². The number of benzene rings is 1. The highest BCUT2D eigenvalue weighted by atomic mass is 32.2. The topological polar surface area (TPSA) is 126 Å². The SMILES string of the molecule is CCCCCN1CCCc2cc(N=Nc3nnc(C(=O)OC(C)C)s3)c(NS(=O)(=O)CC(F)(F)F)cc21. The number of aryl methyl sites for hydroxylation is 1. The highest BCUT2D eigenvalue weighted by Crippen LogP contribution is 2.39. The summed E-state index contributed by atoms with van der Waals surface area (Å²) in [6.07, 6.45) is -0.713. The van der Waals surface area contributed by atoms with Crippen molar-refractivity contribution < 1.29 is 31.1 Å². The number of sulfonamides is 1. The van der Waals surface area contributed by atoms with Gasteiger partial charge in [0.2, 0.25) is 15.0 Å². The third kappa shape index (κ3) is 8.62. The van der Waals surface area contributed by atoms with E-state index in [0.717, 1.165) is 61.4 Å². The molecule has 0 saturated heterocycles. The van der Waals surface area contributed by atoms with Crippen LogP contribution in [0.5, 0.6) is 0 Å². The van der Waals surface area contributed by atoms with E-state index in [9.17, 15) is 26.4 Å². The predicted octanol–water partition coefficient (Wildman–Crippen LogP) is 5.77. The van der Waals surface area contributed by atoms with E-state index in [2.05, 4.69) is 32.2 Å². The molecule has 1 N–H and O–H groups in total. The van der Waals surface area contributed by atoms with Gasteiger partial charge in [-0.2, -0.15) is 13.2 Å². The molecular formula is C22H29F3N6O4S2. The molecule has 204 valence electrons. The van der Waals surface area contributed by atoms with Crippen molar-refractivity contribution in [2.24, 2.45) is 10.2 Å². The Bertz CT molecular complexity index is 1230. The van der Waals surface area contributed by atoms with Crippen molar-refractivity contribution in [1.82, 2.24) is 10.2 Å². The zero-order valence-electron chi connectivity index (χ0n) is 20.7. The molecule has 0 atom stereocenters. The lowest BCUT2D eigenvalue weighted by atomic mass is 9.99. The Morgan fingerprint density at radius 1 is 1.24 bits per heavy atom. The lowest BCUT2D eigenvalue weighted by Gasteiger charge is -2.32. The van der Waals surface area contributed by atoms with Crippen molar-refractivity contribution in [2.45, 2.75) is 65.2 Å². The van der Waals surface area contributed by atoms with E-state index in [1.165, 1.54) is 6.07 Å². The monoisotopic (exact) mass is 562 g/mol. The second-order valence-corrected chi connectivity index (χ2v) is 11.5. The summed E-state index contributed by atoms with van der Waals surface area (Å²) in [4.78, 5) is 14.1. The second kappa shape index (κ2) is 12.2. The minimum absolute atomic E-state index is 0.00119. The van der Waals surface area contributed by atoms with Crippen molar-refractivity contribution >= 4 is 49.5 Å². The maximum absolute atomic E-state index is 12.9. The highest BCUT2D eigenvalue weighted by molar-refractivity contribution is 7.92. The van der Waals surface area contributed by atoms with Crippen LogP contribution in [0.3, 0.4) is 0 Å². The fourth-order valence-electron chi connectivity index (χ4n) is 3.76. The number of carbonyl (C=O) groups excluding carboxylic acids is 1. The zero-order valence-corrected chi connectivity index (χ0v) is 22.3. The second-order valence-electron chi connectivity index (χ2n) is 8.82. The van der Waals surface area contributed by atoms with Crippen molar-refractivity contribution in [2.75, 3.05) is 28.5 Å². The molecule has 1 aliphatic heterocycles. The lowest BCUT2D eigenvalue weighted by Crippen LogP contribution is -2.31. The number of unbranched alkanes of at least 4 members (excludes halogenated alkanes) is 2. The number of halogens is 3. The predicted molar refractivity (Wildman–Crippen MR) is 135 cm³/mol. The summed E-state index contributed by atoms with van der Waals surface area (Å²) in [6.45, 7) is 6.95. The Kier molecular flexibility index (Phi) is 9.45. The normalized spacial score (nSPS) is 14.3. The number of carbonyl (C=O) groups is 1. The van der Waals surface area contributed by atoms with E-state index in [1.807, 2.05) is 4.72 Å². The zero-order chi connectivity index (χ0) is 27.2. The van der Waals surface area contributed by atoms with Crippen LogP contribution in [0.2, 0.25) is 0 Å². The standard InChI is InChI=1S/C22H29F3N6O4S2/c1-4-5-6-9-31-10-7-8-15-11-16(17(12-18(15)31)30-37(33,34)13-22(23,24)25)26-28-21-29-27-19(36-21)20(32)35-14(2)3/h11-12,14,30H,4-10,13H2,1-3H3. The number of nitrogens with zero attached hydrogens (tertiary/aromatic N) is 5. The first kappa shape index (κ1) is 28.8. The number of ether oxygens (including phenoxy) is 1. The van der Waals surface area contributed by atoms with Gasteiger partial charge < -0.3 is 9.64 Å². The minimum atomic E-state index is -4.92. The fraction of sp³-hybridized carbons (Fsp3) is 0.591. The number of azo groups is 1. The molecule has 0 fully saturated rings. The van der Waals surface area contributed by atoms with Crippen molar-refractivity contribution in [3.05, 3.63) is 22.7 Å². The number of fused-ring (bicyclic) bond motifs is 1. The molecule has 3 rings (SSSR count). The van der Waals surface area contributed by atoms with Crippen LogP contribution in [0.4, 0.5) is 35.4 Å². The van der Waals surface area contributed by atoms with E-state index in [-0.39, 0.29) is 27.6 Å². The molecule has 0 spiro atoms. The molecule has 1 aromatic heterocycles. The molecule has 1 aromatic carbocycles. The first-order valence-electron chi connectivity index (χ1n) is 11.8. The van der Waals surface area contributed by atoms with E-state index in [1.54, 1.807) is 19.9 Å². The van der Waals surface area contributed by atoms with Crippen molar-refractivity contribution in [1.29, 1.82) is 0 Å². The third-order valence-corrected chi connectivity index (χ3v) is 7.26. The molecule has 37 heavy (non-hydrogen) atoms. The summed E-state index contributed by atoms with van der Waals surface area (Å²) in [5.41, 5.74) is 1.54. The maximum atomic E-state index is 12.9. The molecule has 15 heteroatoms. The number of nitrogens with one attached hydrogen (secondary N) is 1. The fourth-order valence-corrected chi connectivity index (χ4v) is 5.31. The molecule has 2 heterocycles. The minimum Gasteiger partial charge on any atom is -0.458 e. The number of esters is 1.